The second-order valence-electron chi connectivity index (χ2n) is 3.73. The molecule has 0 radical (unpaired) electrons. The van der Waals surface area contributed by atoms with Crippen LogP contribution in [0, 0.1) is 5.92 Å². The molecule has 1 amide bonds. The van der Waals surface area contributed by atoms with Crippen LogP contribution in [0.3, 0.4) is 0 Å². The van der Waals surface area contributed by atoms with Crippen molar-refractivity contribution in [2.75, 3.05) is 11.9 Å². The number of halogens is 1. The highest BCUT2D eigenvalue weighted by atomic mass is 35.5. The van der Waals surface area contributed by atoms with Crippen molar-refractivity contribution in [2.45, 2.75) is 6.92 Å². The Morgan fingerprint density at radius 3 is 2.83 bits per heavy atom. The van der Waals surface area contributed by atoms with Crippen molar-refractivity contribution < 1.29 is 19.1 Å². The minimum atomic E-state index is -1.43. The number of ether oxygens (including phenoxy) is 1. The zero-order valence-electron chi connectivity index (χ0n) is 9.53. The van der Waals surface area contributed by atoms with Crippen LogP contribution in [0.25, 0.3) is 0 Å². The number of nitrogens with one attached hydrogen (secondary N) is 1. The number of carbonyl (C=O) groups excluding carboxylic acids is 3. The first-order chi connectivity index (χ1) is 8.54. The van der Waals surface area contributed by atoms with Crippen LogP contribution in [0.2, 0.25) is 5.02 Å². The van der Waals surface area contributed by atoms with E-state index in [1.807, 2.05) is 0 Å². The van der Waals surface area contributed by atoms with Gasteiger partial charge in [-0.05, 0) is 25.1 Å². The monoisotopic (exact) mass is 267 g/mol. The van der Waals surface area contributed by atoms with Crippen LogP contribution in [0.1, 0.15) is 17.3 Å². The molecular weight excluding hydrogens is 258 g/mol. The molecule has 1 aromatic carbocycles. The number of hydrogen-bond donors (Lipinski definition) is 1. The Labute approximate surface area is 108 Å². The van der Waals surface area contributed by atoms with E-state index >= 15 is 0 Å². The fourth-order valence-electron chi connectivity index (χ4n) is 1.75. The van der Waals surface area contributed by atoms with E-state index in [9.17, 15) is 14.4 Å². The van der Waals surface area contributed by atoms with Gasteiger partial charge in [0.1, 0.15) is 0 Å². The summed E-state index contributed by atoms with van der Waals surface area (Å²) in [4.78, 5) is 35.3. The number of hydrogen-bond acceptors (Lipinski definition) is 4. The summed E-state index contributed by atoms with van der Waals surface area (Å²) < 4.78 is 4.71. The van der Waals surface area contributed by atoms with E-state index in [2.05, 4.69) is 5.32 Å². The summed E-state index contributed by atoms with van der Waals surface area (Å²) in [5.74, 6) is -3.52. The molecule has 1 aromatic rings. The van der Waals surface area contributed by atoms with E-state index in [4.69, 9.17) is 16.3 Å². The van der Waals surface area contributed by atoms with Gasteiger partial charge in [0.05, 0.1) is 12.3 Å². The molecule has 0 saturated heterocycles. The second kappa shape index (κ2) is 4.78. The number of carbonyl (C=O) groups is 3. The van der Waals surface area contributed by atoms with Crippen molar-refractivity contribution in [3.63, 3.8) is 0 Å². The third kappa shape index (κ3) is 2.09. The van der Waals surface area contributed by atoms with Crippen LogP contribution < -0.4 is 5.32 Å². The van der Waals surface area contributed by atoms with E-state index in [0.717, 1.165) is 0 Å². The lowest BCUT2D eigenvalue weighted by Crippen LogP contribution is -2.41. The highest BCUT2D eigenvalue weighted by molar-refractivity contribution is 6.33. The van der Waals surface area contributed by atoms with Gasteiger partial charge in [0.25, 0.3) is 0 Å². The van der Waals surface area contributed by atoms with Gasteiger partial charge in [-0.15, -0.1) is 0 Å². The molecule has 0 saturated carbocycles. The highest BCUT2D eigenvalue weighted by Gasteiger charge is 2.40. The molecule has 1 atom stereocenters. The zero-order valence-corrected chi connectivity index (χ0v) is 10.3. The molecule has 1 heterocycles. The van der Waals surface area contributed by atoms with Gasteiger partial charge in [0, 0.05) is 10.6 Å². The standard InChI is InChI=1S/C12H10ClNO4/c1-2-18-12(17)9-10(15)7-4-3-6(13)5-8(7)14-11(9)16/h3-5,9H,2H2,1H3,(H,14,16). The fraction of sp³-hybridized carbons (Fsp3) is 0.250. The SMILES string of the molecule is CCOC(=O)C1C(=O)Nc2cc(Cl)ccc2C1=O. The number of esters is 1. The Morgan fingerprint density at radius 1 is 1.44 bits per heavy atom. The summed E-state index contributed by atoms with van der Waals surface area (Å²) in [6, 6.07) is 4.47. The van der Waals surface area contributed by atoms with Gasteiger partial charge in [0.15, 0.2) is 11.7 Å². The van der Waals surface area contributed by atoms with Crippen molar-refractivity contribution in [1.82, 2.24) is 0 Å². The summed E-state index contributed by atoms with van der Waals surface area (Å²) >= 11 is 5.77. The van der Waals surface area contributed by atoms with Crippen LogP contribution >= 0.6 is 11.6 Å². The van der Waals surface area contributed by atoms with Gasteiger partial charge in [0.2, 0.25) is 5.91 Å². The maximum absolute atomic E-state index is 12.0. The van der Waals surface area contributed by atoms with Crippen LogP contribution in [0.15, 0.2) is 18.2 Å². The van der Waals surface area contributed by atoms with Gasteiger partial charge in [-0.1, -0.05) is 11.6 Å². The van der Waals surface area contributed by atoms with Gasteiger partial charge >= 0.3 is 5.97 Å². The van der Waals surface area contributed by atoms with E-state index < -0.39 is 23.6 Å². The Bertz CT molecular complexity index is 541. The first-order valence-electron chi connectivity index (χ1n) is 5.36. The number of amides is 1. The normalized spacial score (nSPS) is 18.0. The van der Waals surface area contributed by atoms with E-state index in [1.54, 1.807) is 6.92 Å². The molecular formula is C12H10ClNO4. The number of Topliss-reactive ketones (excluding diaryl/α,β-unsaturated/α-hetero) is 1. The average molecular weight is 268 g/mol. The van der Waals surface area contributed by atoms with Gasteiger partial charge in [-0.25, -0.2) is 0 Å². The number of rotatable bonds is 2. The lowest BCUT2D eigenvalue weighted by molar-refractivity contribution is -0.148. The number of benzene rings is 1. The van der Waals surface area contributed by atoms with Gasteiger partial charge < -0.3 is 10.1 Å². The largest absolute Gasteiger partial charge is 0.465 e. The summed E-state index contributed by atoms with van der Waals surface area (Å²) in [5.41, 5.74) is 0.579. The van der Waals surface area contributed by atoms with E-state index in [0.29, 0.717) is 10.7 Å². The molecule has 0 fully saturated rings. The first-order valence-corrected chi connectivity index (χ1v) is 5.73. The maximum atomic E-state index is 12.0. The third-order valence-corrected chi connectivity index (χ3v) is 2.79. The van der Waals surface area contributed by atoms with Crippen molar-refractivity contribution in [3.8, 4) is 0 Å². The molecule has 0 aromatic heterocycles. The van der Waals surface area contributed by atoms with Crippen LogP contribution in [0.5, 0.6) is 0 Å². The molecule has 1 N–H and O–H groups in total. The smallest absolute Gasteiger partial charge is 0.326 e. The highest BCUT2D eigenvalue weighted by Crippen LogP contribution is 2.28. The van der Waals surface area contributed by atoms with Gasteiger partial charge in [-0.3, -0.25) is 14.4 Å². The minimum absolute atomic E-state index is 0.114. The minimum Gasteiger partial charge on any atom is -0.465 e. The molecule has 1 aliphatic rings. The Morgan fingerprint density at radius 2 is 2.17 bits per heavy atom. The number of ketones is 1. The summed E-state index contributed by atoms with van der Waals surface area (Å²) in [6.45, 7) is 1.72. The summed E-state index contributed by atoms with van der Waals surface area (Å²) in [6.07, 6.45) is 0. The molecule has 5 nitrogen and oxygen atoms in total. The van der Waals surface area contributed by atoms with Crippen molar-refractivity contribution in [1.29, 1.82) is 0 Å². The number of fused-ring (bicyclic) bond motifs is 1. The molecule has 0 spiro atoms. The molecule has 94 valence electrons. The van der Waals surface area contributed by atoms with Crippen LogP contribution in [0.4, 0.5) is 5.69 Å². The average Bonchev–Trinajstić information content (AvgIpc) is 2.28. The van der Waals surface area contributed by atoms with Crippen molar-refractivity contribution in [2.24, 2.45) is 5.92 Å². The molecule has 2 rings (SSSR count). The molecule has 1 unspecified atom stereocenters. The molecule has 6 heteroatoms. The molecule has 0 bridgehead atoms. The Balaban J connectivity index is 2.39. The quantitative estimate of drug-likeness (QED) is 0.653. The summed E-state index contributed by atoms with van der Waals surface area (Å²) in [5, 5.41) is 2.87. The lowest BCUT2D eigenvalue weighted by atomic mass is 9.92. The lowest BCUT2D eigenvalue weighted by Gasteiger charge is -2.22. The van der Waals surface area contributed by atoms with Crippen molar-refractivity contribution >= 4 is 34.9 Å². The first kappa shape index (κ1) is 12.6. The topological polar surface area (TPSA) is 72.5 Å². The van der Waals surface area contributed by atoms with E-state index in [1.165, 1.54) is 18.2 Å². The number of anilines is 1. The molecule has 0 aliphatic carbocycles. The zero-order chi connectivity index (χ0) is 13.3. The molecule has 1 aliphatic heterocycles. The second-order valence-corrected chi connectivity index (χ2v) is 4.16. The predicted octanol–water partition coefficient (Wildman–Crippen LogP) is 1.65. The van der Waals surface area contributed by atoms with Gasteiger partial charge in [-0.2, -0.15) is 0 Å². The summed E-state index contributed by atoms with van der Waals surface area (Å²) in [7, 11) is 0. The molecule has 18 heavy (non-hydrogen) atoms. The third-order valence-electron chi connectivity index (χ3n) is 2.55. The van der Waals surface area contributed by atoms with Crippen LogP contribution in [-0.4, -0.2) is 24.3 Å². The van der Waals surface area contributed by atoms with Crippen LogP contribution in [-0.2, 0) is 14.3 Å². The Kier molecular flexibility index (Phi) is 3.34. The Hall–Kier alpha value is -1.88. The van der Waals surface area contributed by atoms with E-state index in [-0.39, 0.29) is 12.2 Å². The fourth-order valence-corrected chi connectivity index (χ4v) is 1.93. The maximum Gasteiger partial charge on any atom is 0.326 e. The van der Waals surface area contributed by atoms with Crippen molar-refractivity contribution in [3.05, 3.63) is 28.8 Å². The predicted molar refractivity (Wildman–Crippen MR) is 64.5 cm³/mol.